The van der Waals surface area contributed by atoms with Gasteiger partial charge in [-0.1, -0.05) is 6.07 Å². The molecule has 0 saturated carbocycles. The number of ether oxygens (including phenoxy) is 1. The molecule has 0 spiro atoms. The summed E-state index contributed by atoms with van der Waals surface area (Å²) < 4.78 is 4.87. The third-order valence-corrected chi connectivity index (χ3v) is 1.69. The lowest BCUT2D eigenvalue weighted by molar-refractivity contribution is 0.0791. The van der Waals surface area contributed by atoms with E-state index in [4.69, 9.17) is 9.84 Å². The Balaban J connectivity index is 2.46. The summed E-state index contributed by atoms with van der Waals surface area (Å²) in [6.07, 6.45) is -0.673. The zero-order valence-corrected chi connectivity index (χ0v) is 9.23. The number of hydrogen-bond donors (Lipinski definition) is 3. The highest BCUT2D eigenvalue weighted by atomic mass is 16.6. The first kappa shape index (κ1) is 12.3. The van der Waals surface area contributed by atoms with Gasteiger partial charge in [-0.3, -0.25) is 0 Å². The van der Waals surface area contributed by atoms with Crippen LogP contribution in [0.4, 0.5) is 4.79 Å². The van der Waals surface area contributed by atoms with Gasteiger partial charge in [0.25, 0.3) is 0 Å². The van der Waals surface area contributed by atoms with E-state index < -0.39 is 11.7 Å². The topological polar surface area (TPSA) is 78.8 Å². The molecule has 16 heavy (non-hydrogen) atoms. The van der Waals surface area contributed by atoms with Gasteiger partial charge in [0.15, 0.2) is 0 Å². The molecule has 0 saturated heterocycles. The number of nitrogens with one attached hydrogen (secondary N) is 1. The van der Waals surface area contributed by atoms with Crippen LogP contribution in [-0.4, -0.2) is 28.5 Å². The molecule has 0 aliphatic heterocycles. The van der Waals surface area contributed by atoms with Crippen molar-refractivity contribution in [3.8, 4) is 11.5 Å². The quantitative estimate of drug-likeness (QED) is 0.723. The maximum absolute atomic E-state index is 11.2. The number of amides is 1. The minimum Gasteiger partial charge on any atom is -0.508 e. The molecule has 5 nitrogen and oxygen atoms in total. The summed E-state index contributed by atoms with van der Waals surface area (Å²) in [5.41, 5.74) is -0.988. The van der Waals surface area contributed by atoms with Gasteiger partial charge >= 0.3 is 6.09 Å². The van der Waals surface area contributed by atoms with Crippen LogP contribution in [0.15, 0.2) is 24.3 Å². The number of benzene rings is 1. The van der Waals surface area contributed by atoms with Crippen molar-refractivity contribution < 1.29 is 19.7 Å². The third kappa shape index (κ3) is 4.65. The fraction of sp³-hybridized carbons (Fsp3) is 0.364. The van der Waals surface area contributed by atoms with Crippen LogP contribution in [0.3, 0.4) is 0 Å². The summed E-state index contributed by atoms with van der Waals surface area (Å²) in [6, 6.07) is 5.91. The first-order valence-electron chi connectivity index (χ1n) is 4.84. The molecule has 0 heterocycles. The normalized spacial score (nSPS) is 10.9. The van der Waals surface area contributed by atoms with E-state index in [9.17, 15) is 9.90 Å². The van der Waals surface area contributed by atoms with Crippen LogP contribution in [0.1, 0.15) is 13.8 Å². The van der Waals surface area contributed by atoms with E-state index in [1.165, 1.54) is 12.1 Å². The second-order valence-electron chi connectivity index (χ2n) is 4.05. The molecule has 0 radical (unpaired) electrons. The molecule has 1 amide bonds. The summed E-state index contributed by atoms with van der Waals surface area (Å²) in [7, 11) is 0. The number of phenolic OH excluding ortho intramolecular Hbond substituents is 1. The predicted octanol–water partition coefficient (Wildman–Crippen LogP) is 1.25. The van der Waals surface area contributed by atoms with Crippen LogP contribution in [0, 0.1) is 0 Å². The van der Waals surface area contributed by atoms with E-state index in [1.807, 2.05) is 0 Å². The molecule has 0 fully saturated rings. The zero-order valence-electron chi connectivity index (χ0n) is 9.23. The van der Waals surface area contributed by atoms with Gasteiger partial charge < -0.3 is 20.3 Å². The predicted molar refractivity (Wildman–Crippen MR) is 58.4 cm³/mol. The molecule has 0 aromatic heterocycles. The lowest BCUT2D eigenvalue weighted by Gasteiger charge is -2.17. The molecule has 3 N–H and O–H groups in total. The van der Waals surface area contributed by atoms with Crippen LogP contribution in [0.2, 0.25) is 0 Å². The van der Waals surface area contributed by atoms with E-state index in [1.54, 1.807) is 26.0 Å². The van der Waals surface area contributed by atoms with Crippen molar-refractivity contribution >= 4 is 6.09 Å². The van der Waals surface area contributed by atoms with Gasteiger partial charge in [0.05, 0.1) is 5.60 Å². The number of aliphatic hydroxyl groups is 1. The Hall–Kier alpha value is -1.75. The molecule has 88 valence electrons. The summed E-state index contributed by atoms with van der Waals surface area (Å²) in [5, 5.41) is 20.9. The van der Waals surface area contributed by atoms with Crippen molar-refractivity contribution in [3.05, 3.63) is 24.3 Å². The van der Waals surface area contributed by atoms with Crippen molar-refractivity contribution in [2.45, 2.75) is 19.4 Å². The van der Waals surface area contributed by atoms with Gasteiger partial charge in [-0.25, -0.2) is 4.79 Å². The van der Waals surface area contributed by atoms with Crippen LogP contribution in [0.25, 0.3) is 0 Å². The molecular weight excluding hydrogens is 210 g/mol. The average Bonchev–Trinajstić information content (AvgIpc) is 2.14. The van der Waals surface area contributed by atoms with E-state index in [0.717, 1.165) is 0 Å². The Bertz CT molecular complexity index is 370. The molecule has 0 unspecified atom stereocenters. The first-order chi connectivity index (χ1) is 7.37. The highest BCUT2D eigenvalue weighted by Gasteiger charge is 2.14. The Labute approximate surface area is 93.7 Å². The van der Waals surface area contributed by atoms with E-state index in [0.29, 0.717) is 0 Å². The maximum atomic E-state index is 11.2. The lowest BCUT2D eigenvalue weighted by Crippen LogP contribution is -2.39. The first-order valence-corrected chi connectivity index (χ1v) is 4.84. The van der Waals surface area contributed by atoms with Crippen molar-refractivity contribution in [2.75, 3.05) is 6.54 Å². The van der Waals surface area contributed by atoms with Gasteiger partial charge in [0, 0.05) is 12.6 Å². The molecule has 0 aliphatic carbocycles. The summed E-state index contributed by atoms with van der Waals surface area (Å²) in [5.74, 6) is 0.265. The second kappa shape index (κ2) is 4.85. The SMILES string of the molecule is CC(C)(O)CNC(=O)Oc1cccc(O)c1. The number of phenols is 1. The summed E-state index contributed by atoms with van der Waals surface area (Å²) in [4.78, 5) is 11.2. The molecule has 0 atom stereocenters. The highest BCUT2D eigenvalue weighted by Crippen LogP contribution is 2.17. The fourth-order valence-electron chi connectivity index (χ4n) is 0.979. The number of carbonyl (C=O) groups excluding carboxylic acids is 1. The van der Waals surface area contributed by atoms with Gasteiger partial charge in [0.2, 0.25) is 0 Å². The number of aromatic hydroxyl groups is 1. The van der Waals surface area contributed by atoms with Crippen molar-refractivity contribution in [1.82, 2.24) is 5.32 Å². The minimum absolute atomic E-state index is 0.0211. The van der Waals surface area contributed by atoms with Crippen LogP contribution in [0.5, 0.6) is 11.5 Å². The monoisotopic (exact) mass is 225 g/mol. The lowest BCUT2D eigenvalue weighted by atomic mass is 10.1. The Kier molecular flexibility index (Phi) is 3.73. The van der Waals surface area contributed by atoms with Crippen molar-refractivity contribution in [2.24, 2.45) is 0 Å². The number of hydrogen-bond acceptors (Lipinski definition) is 4. The molecule has 0 aliphatic rings. The van der Waals surface area contributed by atoms with Crippen LogP contribution >= 0.6 is 0 Å². The zero-order chi connectivity index (χ0) is 12.2. The maximum Gasteiger partial charge on any atom is 0.412 e. The van der Waals surface area contributed by atoms with E-state index in [2.05, 4.69) is 5.32 Å². The number of carbonyl (C=O) groups is 1. The summed E-state index contributed by atoms with van der Waals surface area (Å²) >= 11 is 0. The Morgan fingerprint density at radius 2 is 2.19 bits per heavy atom. The van der Waals surface area contributed by atoms with Crippen LogP contribution < -0.4 is 10.1 Å². The van der Waals surface area contributed by atoms with Crippen molar-refractivity contribution in [1.29, 1.82) is 0 Å². The van der Waals surface area contributed by atoms with Gasteiger partial charge in [0.1, 0.15) is 11.5 Å². The molecule has 1 aromatic rings. The third-order valence-electron chi connectivity index (χ3n) is 1.69. The van der Waals surface area contributed by atoms with Crippen molar-refractivity contribution in [3.63, 3.8) is 0 Å². The fourth-order valence-corrected chi connectivity index (χ4v) is 0.979. The smallest absolute Gasteiger partial charge is 0.412 e. The largest absolute Gasteiger partial charge is 0.508 e. The van der Waals surface area contributed by atoms with E-state index in [-0.39, 0.29) is 18.0 Å². The molecular formula is C11H15NO4. The van der Waals surface area contributed by atoms with Gasteiger partial charge in [-0.2, -0.15) is 0 Å². The average molecular weight is 225 g/mol. The number of rotatable bonds is 3. The van der Waals surface area contributed by atoms with Crippen LogP contribution in [-0.2, 0) is 0 Å². The molecule has 1 rings (SSSR count). The van der Waals surface area contributed by atoms with Gasteiger partial charge in [-0.05, 0) is 26.0 Å². The highest BCUT2D eigenvalue weighted by molar-refractivity contribution is 5.70. The summed E-state index contributed by atoms with van der Waals surface area (Å²) in [6.45, 7) is 3.23. The van der Waals surface area contributed by atoms with E-state index >= 15 is 0 Å². The van der Waals surface area contributed by atoms with Gasteiger partial charge in [-0.15, -0.1) is 0 Å². The molecule has 5 heteroatoms. The molecule has 0 bridgehead atoms. The Morgan fingerprint density at radius 1 is 1.50 bits per heavy atom. The minimum atomic E-state index is -0.988. The second-order valence-corrected chi connectivity index (χ2v) is 4.05. The standard InChI is InChI=1S/C11H15NO4/c1-11(2,15)7-12-10(14)16-9-5-3-4-8(13)6-9/h3-6,13,15H,7H2,1-2H3,(H,12,14). The Morgan fingerprint density at radius 3 is 2.75 bits per heavy atom. The molecule has 1 aromatic carbocycles.